The van der Waals surface area contributed by atoms with Crippen molar-refractivity contribution in [3.63, 3.8) is 0 Å². The molecular weight excluding hydrogens is 477 g/mol. The van der Waals surface area contributed by atoms with Crippen molar-refractivity contribution in [1.29, 1.82) is 0 Å². The summed E-state index contributed by atoms with van der Waals surface area (Å²) in [6, 6.07) is 20.3. The van der Waals surface area contributed by atoms with Gasteiger partial charge in [0.2, 0.25) is 5.95 Å². The van der Waals surface area contributed by atoms with Crippen molar-refractivity contribution in [3.8, 4) is 28.7 Å². The molecule has 3 heterocycles. The first-order valence-corrected chi connectivity index (χ1v) is 10.8. The molecule has 0 unspecified atom stereocenters. The van der Waals surface area contributed by atoms with Crippen molar-refractivity contribution in [2.24, 2.45) is 0 Å². The predicted octanol–water partition coefficient (Wildman–Crippen LogP) is 5.44. The summed E-state index contributed by atoms with van der Waals surface area (Å²) >= 11 is 12.1. The minimum Gasteiger partial charge on any atom is -0.463 e. The number of anilines is 1. The van der Waals surface area contributed by atoms with Crippen molar-refractivity contribution in [2.75, 3.05) is 5.32 Å². The Labute approximate surface area is 202 Å². The number of carbonyl (C=O) groups excluding carboxylic acids is 1. The number of benzene rings is 2. The van der Waals surface area contributed by atoms with E-state index in [4.69, 9.17) is 27.6 Å². The minimum absolute atomic E-state index is 0.113. The van der Waals surface area contributed by atoms with Crippen LogP contribution in [0.1, 0.15) is 10.4 Å². The van der Waals surface area contributed by atoms with Crippen molar-refractivity contribution in [1.82, 2.24) is 19.7 Å². The summed E-state index contributed by atoms with van der Waals surface area (Å²) < 4.78 is 6.77. The fourth-order valence-electron chi connectivity index (χ4n) is 3.34. The molecule has 0 aliphatic heterocycles. The van der Waals surface area contributed by atoms with Gasteiger partial charge in [-0.25, -0.2) is 4.98 Å². The van der Waals surface area contributed by atoms with Gasteiger partial charge >= 0.3 is 0 Å². The van der Waals surface area contributed by atoms with E-state index in [1.807, 2.05) is 30.3 Å². The third-order valence-electron chi connectivity index (χ3n) is 4.90. The number of amides is 1. The average Bonchev–Trinajstić information content (AvgIpc) is 3.49. The maximum atomic E-state index is 13.0. The summed E-state index contributed by atoms with van der Waals surface area (Å²) in [5, 5.41) is 7.88. The molecule has 0 aliphatic rings. The fraction of sp³-hybridized carbons (Fsp3) is 0. The minimum atomic E-state index is -0.490. The van der Waals surface area contributed by atoms with Crippen LogP contribution in [-0.2, 0) is 0 Å². The summed E-state index contributed by atoms with van der Waals surface area (Å²) in [6.07, 6.45) is 1.51. The van der Waals surface area contributed by atoms with E-state index < -0.39 is 5.91 Å². The molecule has 0 saturated heterocycles. The number of hydrogen-bond acceptors (Lipinski definition) is 5. The largest absolute Gasteiger partial charge is 0.463 e. The van der Waals surface area contributed by atoms with Gasteiger partial charge in [0.1, 0.15) is 11.5 Å². The molecule has 0 saturated carbocycles. The maximum Gasteiger partial charge on any atom is 0.258 e. The zero-order valence-electron chi connectivity index (χ0n) is 17.3. The van der Waals surface area contributed by atoms with Gasteiger partial charge in [0, 0.05) is 22.7 Å². The molecular formula is C24H15Cl2N5O3. The molecule has 2 aromatic carbocycles. The molecule has 0 radical (unpaired) electrons. The third kappa shape index (κ3) is 4.36. The first-order chi connectivity index (χ1) is 16.5. The second kappa shape index (κ2) is 9.01. The SMILES string of the molecule is O=C(Nc1cc(-c2ccco2)nn1-c1nc(-c2ccccc2)cc(=O)[nH]1)c1ccc(Cl)cc1Cl. The van der Waals surface area contributed by atoms with Gasteiger partial charge in [-0.2, -0.15) is 9.78 Å². The molecule has 0 fully saturated rings. The Morgan fingerprint density at radius 1 is 0.971 bits per heavy atom. The number of halogens is 2. The van der Waals surface area contributed by atoms with E-state index in [2.05, 4.69) is 20.4 Å². The molecule has 8 nitrogen and oxygen atoms in total. The molecule has 0 bridgehead atoms. The molecule has 168 valence electrons. The van der Waals surface area contributed by atoms with Gasteiger partial charge in [0.25, 0.3) is 11.5 Å². The van der Waals surface area contributed by atoms with E-state index in [1.165, 1.54) is 29.1 Å². The number of rotatable bonds is 5. The lowest BCUT2D eigenvalue weighted by Gasteiger charge is -2.10. The highest BCUT2D eigenvalue weighted by atomic mass is 35.5. The van der Waals surface area contributed by atoms with Crippen molar-refractivity contribution in [2.45, 2.75) is 0 Å². The lowest BCUT2D eigenvalue weighted by atomic mass is 10.1. The number of hydrogen-bond donors (Lipinski definition) is 2. The van der Waals surface area contributed by atoms with Gasteiger partial charge in [-0.3, -0.25) is 14.6 Å². The molecule has 0 aliphatic carbocycles. The standard InChI is InChI=1S/C24H15Cl2N5O3/c25-15-8-9-16(17(26)11-15)23(33)28-21-12-19(20-7-4-10-34-20)30-31(21)24-27-18(13-22(32)29-24)14-5-2-1-3-6-14/h1-13H,(H,28,33)(H,27,29,32). The van der Waals surface area contributed by atoms with E-state index in [9.17, 15) is 9.59 Å². The Kier molecular flexibility index (Phi) is 5.75. The van der Waals surface area contributed by atoms with Crippen LogP contribution in [0.5, 0.6) is 0 Å². The van der Waals surface area contributed by atoms with Gasteiger partial charge in [0.15, 0.2) is 5.76 Å². The number of H-pyrrole nitrogens is 1. The highest BCUT2D eigenvalue weighted by Crippen LogP contribution is 2.27. The second-order valence-corrected chi connectivity index (χ2v) is 8.05. The number of nitrogens with one attached hydrogen (secondary N) is 2. The van der Waals surface area contributed by atoms with Crippen LogP contribution in [-0.4, -0.2) is 25.7 Å². The average molecular weight is 492 g/mol. The first kappa shape index (κ1) is 21.7. The number of aromatic nitrogens is 4. The Morgan fingerprint density at radius 2 is 1.79 bits per heavy atom. The van der Waals surface area contributed by atoms with Gasteiger partial charge in [-0.1, -0.05) is 53.5 Å². The van der Waals surface area contributed by atoms with Crippen molar-refractivity contribution >= 4 is 34.9 Å². The van der Waals surface area contributed by atoms with Crippen LogP contribution in [0.2, 0.25) is 10.0 Å². The Hall–Kier alpha value is -4.14. The molecule has 5 rings (SSSR count). The highest BCUT2D eigenvalue weighted by Gasteiger charge is 2.19. The third-order valence-corrected chi connectivity index (χ3v) is 5.45. The van der Waals surface area contributed by atoms with E-state index in [-0.39, 0.29) is 27.9 Å². The summed E-state index contributed by atoms with van der Waals surface area (Å²) in [5.41, 5.74) is 1.48. The highest BCUT2D eigenvalue weighted by molar-refractivity contribution is 6.37. The molecule has 1 amide bonds. The van der Waals surface area contributed by atoms with Crippen LogP contribution in [0.4, 0.5) is 5.82 Å². The van der Waals surface area contributed by atoms with Crippen LogP contribution in [0, 0.1) is 0 Å². The maximum absolute atomic E-state index is 13.0. The lowest BCUT2D eigenvalue weighted by molar-refractivity contribution is 0.102. The smallest absolute Gasteiger partial charge is 0.258 e. The van der Waals surface area contributed by atoms with Gasteiger partial charge in [-0.05, 0) is 30.3 Å². The van der Waals surface area contributed by atoms with Gasteiger partial charge in [-0.15, -0.1) is 0 Å². The van der Waals surface area contributed by atoms with Crippen LogP contribution in [0.15, 0.2) is 88.3 Å². The van der Waals surface area contributed by atoms with Crippen LogP contribution in [0.3, 0.4) is 0 Å². The molecule has 34 heavy (non-hydrogen) atoms. The van der Waals surface area contributed by atoms with Crippen LogP contribution < -0.4 is 10.9 Å². The summed E-state index contributed by atoms with van der Waals surface area (Å²) in [6.45, 7) is 0. The number of nitrogens with zero attached hydrogens (tertiary/aromatic N) is 3. The number of carbonyl (C=O) groups is 1. The van der Waals surface area contributed by atoms with Gasteiger partial charge < -0.3 is 9.73 Å². The van der Waals surface area contributed by atoms with E-state index >= 15 is 0 Å². The molecule has 2 N–H and O–H groups in total. The van der Waals surface area contributed by atoms with Crippen molar-refractivity contribution < 1.29 is 9.21 Å². The predicted molar refractivity (Wildman–Crippen MR) is 130 cm³/mol. The number of aromatic amines is 1. The molecule has 5 aromatic rings. The van der Waals surface area contributed by atoms with E-state index in [0.29, 0.717) is 22.2 Å². The van der Waals surface area contributed by atoms with E-state index in [1.54, 1.807) is 24.3 Å². The van der Waals surface area contributed by atoms with Crippen LogP contribution >= 0.6 is 23.2 Å². The van der Waals surface area contributed by atoms with Gasteiger partial charge in [0.05, 0.1) is 22.5 Å². The normalized spacial score (nSPS) is 10.9. The summed E-state index contributed by atoms with van der Waals surface area (Å²) in [5.74, 6) is 0.341. The zero-order valence-corrected chi connectivity index (χ0v) is 18.8. The lowest BCUT2D eigenvalue weighted by Crippen LogP contribution is -2.19. The Morgan fingerprint density at radius 3 is 2.53 bits per heavy atom. The number of furan rings is 1. The molecule has 0 spiro atoms. The monoisotopic (exact) mass is 491 g/mol. The Balaban J connectivity index is 1.60. The fourth-order valence-corrected chi connectivity index (χ4v) is 3.83. The van der Waals surface area contributed by atoms with Crippen molar-refractivity contribution in [3.05, 3.63) is 105 Å². The topological polar surface area (TPSA) is 106 Å². The zero-order chi connectivity index (χ0) is 23.7. The second-order valence-electron chi connectivity index (χ2n) is 7.20. The quantitative estimate of drug-likeness (QED) is 0.340. The molecule has 0 atom stereocenters. The first-order valence-electron chi connectivity index (χ1n) is 10.1. The molecule has 3 aromatic heterocycles. The summed E-state index contributed by atoms with van der Waals surface area (Å²) in [4.78, 5) is 32.7. The van der Waals surface area contributed by atoms with E-state index in [0.717, 1.165) is 5.56 Å². The Bertz CT molecular complexity index is 1540. The molecule has 10 heteroatoms. The summed E-state index contributed by atoms with van der Waals surface area (Å²) in [7, 11) is 0. The van der Waals surface area contributed by atoms with Crippen LogP contribution in [0.25, 0.3) is 28.7 Å².